The molecular weight excluding hydrogens is 332 g/mol. The number of hydrogen-bond acceptors (Lipinski definition) is 4. The fourth-order valence-corrected chi connectivity index (χ4v) is 3.62. The van der Waals surface area contributed by atoms with Gasteiger partial charge in [-0.3, -0.25) is 4.79 Å². The van der Waals surface area contributed by atoms with Crippen molar-refractivity contribution in [3.63, 3.8) is 0 Å². The van der Waals surface area contributed by atoms with Crippen molar-refractivity contribution >= 4 is 27.5 Å². The van der Waals surface area contributed by atoms with Crippen molar-refractivity contribution in [3.8, 4) is 5.75 Å². The molecule has 3 rings (SSSR count). The number of carbonyl (C=O) groups is 1. The second kappa shape index (κ2) is 7.66. The summed E-state index contributed by atoms with van der Waals surface area (Å²) < 4.78 is 6.81. The van der Waals surface area contributed by atoms with Gasteiger partial charge in [-0.05, 0) is 43.2 Å². The number of benzene rings is 2. The Bertz CT molecular complexity index is 842. The van der Waals surface area contributed by atoms with Gasteiger partial charge in [-0.2, -0.15) is 0 Å². The number of thiazole rings is 1. The zero-order valence-corrected chi connectivity index (χ0v) is 15.5. The third-order valence-electron chi connectivity index (χ3n) is 4.31. The van der Waals surface area contributed by atoms with E-state index in [0.717, 1.165) is 27.4 Å². The number of rotatable bonds is 6. The van der Waals surface area contributed by atoms with E-state index in [9.17, 15) is 4.79 Å². The number of aryl methyl sites for hydroxylation is 1. The number of amides is 1. The highest BCUT2D eigenvalue weighted by Gasteiger charge is 2.21. The average molecular weight is 354 g/mol. The molecule has 5 heteroatoms. The summed E-state index contributed by atoms with van der Waals surface area (Å²) in [7, 11) is 1.80. The van der Waals surface area contributed by atoms with E-state index in [2.05, 4.69) is 24.0 Å². The summed E-state index contributed by atoms with van der Waals surface area (Å²) in [5.41, 5.74) is 2.17. The Balaban J connectivity index is 1.64. The van der Waals surface area contributed by atoms with Gasteiger partial charge in [0.1, 0.15) is 10.8 Å². The first-order valence-electron chi connectivity index (χ1n) is 8.41. The number of carbonyl (C=O) groups excluding carboxylic acids is 1. The van der Waals surface area contributed by atoms with Crippen LogP contribution in [-0.4, -0.2) is 29.4 Å². The minimum atomic E-state index is -0.0875. The molecule has 1 heterocycles. The Morgan fingerprint density at radius 1 is 1.24 bits per heavy atom. The molecule has 0 spiro atoms. The van der Waals surface area contributed by atoms with Crippen molar-refractivity contribution in [1.29, 1.82) is 0 Å². The molecule has 0 fully saturated rings. The van der Waals surface area contributed by atoms with Gasteiger partial charge >= 0.3 is 0 Å². The Morgan fingerprint density at radius 2 is 2.04 bits per heavy atom. The highest BCUT2D eigenvalue weighted by molar-refractivity contribution is 7.18. The summed E-state index contributed by atoms with van der Waals surface area (Å²) in [5, 5.41) is 0.935. The second-order valence-corrected chi connectivity index (χ2v) is 7.05. The number of hydrogen-bond donors (Lipinski definition) is 0. The molecule has 0 aliphatic carbocycles. The first-order chi connectivity index (χ1) is 12.1. The van der Waals surface area contributed by atoms with Crippen LogP contribution in [0.25, 0.3) is 10.2 Å². The molecule has 0 radical (unpaired) electrons. The molecule has 0 saturated heterocycles. The van der Waals surface area contributed by atoms with E-state index in [1.165, 1.54) is 5.56 Å². The zero-order chi connectivity index (χ0) is 17.8. The molecule has 130 valence electrons. The summed E-state index contributed by atoms with van der Waals surface area (Å²) in [6.07, 6.45) is 0.944. The summed E-state index contributed by atoms with van der Waals surface area (Å²) >= 11 is 1.62. The fraction of sp³-hybridized carbons (Fsp3) is 0.300. The zero-order valence-electron chi connectivity index (χ0n) is 14.7. The largest absolute Gasteiger partial charge is 0.484 e. The van der Waals surface area contributed by atoms with Crippen molar-refractivity contribution in [3.05, 3.63) is 59.1 Å². The van der Waals surface area contributed by atoms with E-state index < -0.39 is 0 Å². The van der Waals surface area contributed by atoms with Gasteiger partial charge in [-0.1, -0.05) is 31.2 Å². The maximum atomic E-state index is 12.5. The lowest BCUT2D eigenvalue weighted by Crippen LogP contribution is -2.33. The van der Waals surface area contributed by atoms with Gasteiger partial charge in [-0.15, -0.1) is 11.3 Å². The van der Waals surface area contributed by atoms with Gasteiger partial charge in [0.15, 0.2) is 6.61 Å². The van der Waals surface area contributed by atoms with E-state index in [0.29, 0.717) is 0 Å². The van der Waals surface area contributed by atoms with E-state index in [4.69, 9.17) is 4.74 Å². The summed E-state index contributed by atoms with van der Waals surface area (Å²) in [4.78, 5) is 18.8. The number of nitrogens with zero attached hydrogens (tertiary/aromatic N) is 2. The highest BCUT2D eigenvalue weighted by Crippen LogP contribution is 2.28. The Labute approximate surface area is 152 Å². The number of likely N-dealkylation sites (N-methyl/N-ethyl adjacent to an activating group) is 1. The molecule has 1 amide bonds. The normalized spacial score (nSPS) is 12.1. The van der Waals surface area contributed by atoms with E-state index in [-0.39, 0.29) is 18.6 Å². The first kappa shape index (κ1) is 17.4. The average Bonchev–Trinajstić information content (AvgIpc) is 3.09. The molecule has 0 bridgehead atoms. The van der Waals surface area contributed by atoms with Crippen LogP contribution in [-0.2, 0) is 11.2 Å². The molecule has 0 aliphatic rings. The van der Waals surface area contributed by atoms with Crippen LogP contribution in [0.15, 0.2) is 48.5 Å². The van der Waals surface area contributed by atoms with Crippen LogP contribution in [0.5, 0.6) is 5.75 Å². The number of para-hydroxylation sites is 1. The van der Waals surface area contributed by atoms with Crippen LogP contribution in [0.4, 0.5) is 0 Å². The third-order valence-corrected chi connectivity index (χ3v) is 5.52. The molecule has 3 aromatic rings. The van der Waals surface area contributed by atoms with Crippen molar-refractivity contribution < 1.29 is 9.53 Å². The van der Waals surface area contributed by atoms with Gasteiger partial charge in [0, 0.05) is 7.05 Å². The summed E-state index contributed by atoms with van der Waals surface area (Å²) in [5.74, 6) is 0.669. The molecular formula is C20H22N2O2S. The topological polar surface area (TPSA) is 42.4 Å². The lowest BCUT2D eigenvalue weighted by molar-refractivity contribution is -0.134. The lowest BCUT2D eigenvalue weighted by Gasteiger charge is -2.23. The minimum absolute atomic E-state index is 0.0267. The van der Waals surface area contributed by atoms with Crippen LogP contribution in [0.1, 0.15) is 30.5 Å². The molecule has 4 nitrogen and oxygen atoms in total. The molecule has 0 aliphatic heterocycles. The number of fused-ring (bicyclic) bond motifs is 1. The van der Waals surface area contributed by atoms with Crippen molar-refractivity contribution in [2.24, 2.45) is 0 Å². The van der Waals surface area contributed by atoms with E-state index in [1.807, 2.05) is 43.3 Å². The monoisotopic (exact) mass is 354 g/mol. The molecule has 0 unspecified atom stereocenters. The van der Waals surface area contributed by atoms with E-state index >= 15 is 0 Å². The quantitative estimate of drug-likeness (QED) is 0.656. The molecule has 1 aromatic heterocycles. The minimum Gasteiger partial charge on any atom is -0.484 e. The van der Waals surface area contributed by atoms with Crippen LogP contribution in [0.3, 0.4) is 0 Å². The molecule has 1 atom stereocenters. The van der Waals surface area contributed by atoms with E-state index in [1.54, 1.807) is 23.3 Å². The van der Waals surface area contributed by atoms with Crippen molar-refractivity contribution in [2.75, 3.05) is 13.7 Å². The third kappa shape index (κ3) is 3.99. The van der Waals surface area contributed by atoms with Gasteiger partial charge in [0.05, 0.1) is 16.3 Å². The predicted octanol–water partition coefficient (Wildman–Crippen LogP) is 4.46. The van der Waals surface area contributed by atoms with Gasteiger partial charge in [-0.25, -0.2) is 4.98 Å². The Kier molecular flexibility index (Phi) is 5.34. The van der Waals surface area contributed by atoms with Crippen LogP contribution in [0.2, 0.25) is 0 Å². The molecule has 0 N–H and O–H groups in total. The molecule has 25 heavy (non-hydrogen) atoms. The van der Waals surface area contributed by atoms with Crippen molar-refractivity contribution in [1.82, 2.24) is 9.88 Å². The summed E-state index contributed by atoms with van der Waals surface area (Å²) in [6.45, 7) is 4.12. The maximum Gasteiger partial charge on any atom is 0.260 e. The number of ether oxygens (including phenoxy) is 1. The Hall–Kier alpha value is -2.40. The highest BCUT2D eigenvalue weighted by atomic mass is 32.1. The Morgan fingerprint density at radius 3 is 2.80 bits per heavy atom. The predicted molar refractivity (Wildman–Crippen MR) is 102 cm³/mol. The standard InChI is InChI=1S/C20H22N2O2S/c1-4-15-8-7-9-16(12-15)24-13-19(23)22(3)14(2)20-21-17-10-5-6-11-18(17)25-20/h5-12,14H,4,13H2,1-3H3/t14-/m0/s1. The fourth-order valence-electron chi connectivity index (χ4n) is 2.55. The number of aromatic nitrogens is 1. The first-order valence-corrected chi connectivity index (χ1v) is 9.23. The van der Waals surface area contributed by atoms with Crippen LogP contribution < -0.4 is 4.74 Å². The molecule has 0 saturated carbocycles. The van der Waals surface area contributed by atoms with Gasteiger partial charge < -0.3 is 9.64 Å². The maximum absolute atomic E-state index is 12.5. The van der Waals surface area contributed by atoms with Crippen molar-refractivity contribution in [2.45, 2.75) is 26.3 Å². The van der Waals surface area contributed by atoms with Crippen LogP contribution in [0, 0.1) is 0 Å². The van der Waals surface area contributed by atoms with Crippen LogP contribution >= 0.6 is 11.3 Å². The summed E-state index contributed by atoms with van der Waals surface area (Å²) in [6, 6.07) is 15.8. The second-order valence-electron chi connectivity index (χ2n) is 5.99. The SMILES string of the molecule is CCc1cccc(OCC(=O)N(C)[C@@H](C)c2nc3ccccc3s2)c1. The smallest absolute Gasteiger partial charge is 0.260 e. The van der Waals surface area contributed by atoms with Gasteiger partial charge in [0.2, 0.25) is 0 Å². The van der Waals surface area contributed by atoms with Gasteiger partial charge in [0.25, 0.3) is 5.91 Å². The molecule has 2 aromatic carbocycles. The lowest BCUT2D eigenvalue weighted by atomic mass is 10.2.